The van der Waals surface area contributed by atoms with Crippen LogP contribution in [0.5, 0.6) is 5.75 Å². The van der Waals surface area contributed by atoms with E-state index in [2.05, 4.69) is 19.8 Å². The Labute approximate surface area is 234 Å². The van der Waals surface area contributed by atoms with Crippen molar-refractivity contribution < 1.29 is 27.8 Å². The van der Waals surface area contributed by atoms with E-state index in [1.54, 1.807) is 18.2 Å². The quantitative estimate of drug-likeness (QED) is 0.437. The Balaban J connectivity index is 1.29. The van der Waals surface area contributed by atoms with Gasteiger partial charge in [-0.1, -0.05) is 0 Å². The van der Waals surface area contributed by atoms with Gasteiger partial charge in [0.2, 0.25) is 10.0 Å². The minimum Gasteiger partial charge on any atom is -0.489 e. The van der Waals surface area contributed by atoms with Crippen LogP contribution in [0.1, 0.15) is 48.5 Å². The first-order chi connectivity index (χ1) is 19.2. The number of hydrogen-bond donors (Lipinski definition) is 3. The van der Waals surface area contributed by atoms with Crippen molar-refractivity contribution in [1.29, 1.82) is 0 Å². The number of nitrogens with zero attached hydrogens (tertiary/aromatic N) is 3. The number of aliphatic hydroxyl groups is 1. The average molecular weight is 572 g/mol. The topological polar surface area (TPSA) is 133 Å². The zero-order valence-electron chi connectivity index (χ0n) is 22.8. The highest BCUT2D eigenvalue weighted by Crippen LogP contribution is 2.54. The van der Waals surface area contributed by atoms with Crippen molar-refractivity contribution in [1.82, 2.24) is 4.98 Å². The Morgan fingerprint density at radius 1 is 1.12 bits per heavy atom. The van der Waals surface area contributed by atoms with Gasteiger partial charge in [-0.2, -0.15) is 0 Å². The maximum atomic E-state index is 13.7. The smallest absolute Gasteiger partial charge is 0.258 e. The second kappa shape index (κ2) is 10.7. The molecular formula is C28H37N5O6S. The van der Waals surface area contributed by atoms with Crippen molar-refractivity contribution >= 4 is 38.9 Å². The maximum absolute atomic E-state index is 13.7. The first-order valence-corrected chi connectivity index (χ1v) is 15.7. The lowest BCUT2D eigenvalue weighted by molar-refractivity contribution is 0.0527. The highest BCUT2D eigenvalue weighted by molar-refractivity contribution is 7.92. The summed E-state index contributed by atoms with van der Waals surface area (Å²) in [5, 5.41) is 12.1. The molecule has 0 radical (unpaired) electrons. The van der Waals surface area contributed by atoms with Crippen LogP contribution in [-0.4, -0.2) is 82.3 Å². The summed E-state index contributed by atoms with van der Waals surface area (Å²) in [6.07, 6.45) is 5.45. The summed E-state index contributed by atoms with van der Waals surface area (Å²) in [6, 6.07) is 6.84. The van der Waals surface area contributed by atoms with Crippen LogP contribution < -0.4 is 24.6 Å². The molecule has 4 aliphatic rings. The zero-order chi connectivity index (χ0) is 27.9. The minimum atomic E-state index is -3.70. The number of hydrogen-bond acceptors (Lipinski definition) is 9. The molecule has 2 aromatic rings. The molecule has 2 saturated heterocycles. The van der Waals surface area contributed by atoms with Gasteiger partial charge in [-0.15, -0.1) is 0 Å². The molecule has 216 valence electrons. The molecule has 40 heavy (non-hydrogen) atoms. The first-order valence-electron chi connectivity index (χ1n) is 14.1. The fourth-order valence-corrected chi connectivity index (χ4v) is 6.78. The number of piperidine rings is 1. The number of pyridine rings is 1. The molecule has 3 aliphatic heterocycles. The summed E-state index contributed by atoms with van der Waals surface area (Å²) in [6.45, 7) is 5.73. The number of anilines is 4. The lowest BCUT2D eigenvalue weighted by Crippen LogP contribution is -2.41. The van der Waals surface area contributed by atoms with E-state index < -0.39 is 22.4 Å². The molecule has 1 saturated carbocycles. The lowest BCUT2D eigenvalue weighted by atomic mass is 9.93. The Bertz CT molecular complexity index is 1390. The Kier molecular flexibility index (Phi) is 7.26. The summed E-state index contributed by atoms with van der Waals surface area (Å²) in [5.74, 6) is 1.25. The lowest BCUT2D eigenvalue weighted by Gasteiger charge is -2.35. The molecule has 1 spiro atoms. The number of fused-ring (bicyclic) bond motifs is 1. The van der Waals surface area contributed by atoms with E-state index in [0.717, 1.165) is 49.5 Å². The molecule has 11 nitrogen and oxygen atoms in total. The molecule has 1 amide bonds. The van der Waals surface area contributed by atoms with E-state index in [9.17, 15) is 13.2 Å². The van der Waals surface area contributed by atoms with Gasteiger partial charge in [-0.25, -0.2) is 13.4 Å². The molecule has 1 atom stereocenters. The third-order valence-electron chi connectivity index (χ3n) is 8.43. The number of sulfonamides is 1. The molecule has 4 heterocycles. The van der Waals surface area contributed by atoms with E-state index in [1.165, 1.54) is 12.8 Å². The number of ether oxygens (including phenoxy) is 2. The molecule has 1 aromatic carbocycles. The van der Waals surface area contributed by atoms with Crippen molar-refractivity contribution in [2.75, 3.05) is 71.6 Å². The third kappa shape index (κ3) is 5.70. The van der Waals surface area contributed by atoms with E-state index in [-0.39, 0.29) is 12.0 Å². The summed E-state index contributed by atoms with van der Waals surface area (Å²) in [7, 11) is -3.70. The predicted molar refractivity (Wildman–Crippen MR) is 153 cm³/mol. The van der Waals surface area contributed by atoms with E-state index in [0.29, 0.717) is 54.5 Å². The van der Waals surface area contributed by atoms with Gasteiger partial charge >= 0.3 is 0 Å². The number of morpholine rings is 1. The molecule has 0 bridgehead atoms. The van der Waals surface area contributed by atoms with Gasteiger partial charge in [0.25, 0.3) is 5.91 Å². The van der Waals surface area contributed by atoms with E-state index >= 15 is 0 Å². The third-order valence-corrected chi connectivity index (χ3v) is 9.70. The Morgan fingerprint density at radius 3 is 2.65 bits per heavy atom. The number of nitrogens with one attached hydrogen (secondary N) is 2. The number of amides is 1. The van der Waals surface area contributed by atoms with E-state index in [4.69, 9.17) is 19.6 Å². The Morgan fingerprint density at radius 2 is 1.93 bits per heavy atom. The number of aliphatic hydroxyl groups excluding tert-OH is 1. The van der Waals surface area contributed by atoms with Gasteiger partial charge in [-0.05, 0) is 62.3 Å². The maximum Gasteiger partial charge on any atom is 0.258 e. The number of carbonyl (C=O) groups is 1. The van der Waals surface area contributed by atoms with Gasteiger partial charge in [0.1, 0.15) is 5.82 Å². The van der Waals surface area contributed by atoms with Crippen molar-refractivity contribution in [3.63, 3.8) is 0 Å². The Hall–Kier alpha value is -3.09. The summed E-state index contributed by atoms with van der Waals surface area (Å²) >= 11 is 0. The van der Waals surface area contributed by atoms with Crippen LogP contribution in [0.25, 0.3) is 0 Å². The summed E-state index contributed by atoms with van der Waals surface area (Å²) in [5.41, 5.74) is 2.96. The van der Waals surface area contributed by atoms with Gasteiger partial charge in [0.15, 0.2) is 11.6 Å². The highest BCUT2D eigenvalue weighted by atomic mass is 32.2. The van der Waals surface area contributed by atoms with Crippen molar-refractivity contribution in [3.05, 3.63) is 35.4 Å². The van der Waals surface area contributed by atoms with Crippen molar-refractivity contribution in [2.24, 2.45) is 5.41 Å². The van der Waals surface area contributed by atoms with E-state index in [1.807, 2.05) is 13.0 Å². The van der Waals surface area contributed by atoms with Crippen LogP contribution in [0.3, 0.4) is 0 Å². The molecule has 0 unspecified atom stereocenters. The van der Waals surface area contributed by atoms with Gasteiger partial charge in [0, 0.05) is 38.2 Å². The minimum absolute atomic E-state index is 0.0704. The monoisotopic (exact) mass is 571 g/mol. The normalized spacial score (nSPS) is 21.6. The number of rotatable bonds is 8. The standard InChI is InChI=1S/C28H37N5O6S/c1-19-18-33(11-14-38-19)26-25-20(4-13-39-25)16-24(29-26)30-27(35)22-3-2-21(31-40(36,37)15-12-34)17-23(22)32-9-7-28(5-6-28)8-10-32/h2-3,16-17,19,31,34H,4-15,18H2,1H3,(H,29,30,35)/t19-/m0/s1. The van der Waals surface area contributed by atoms with Crippen LogP contribution >= 0.6 is 0 Å². The number of carbonyl (C=O) groups excluding carboxylic acids is 1. The second-order valence-electron chi connectivity index (χ2n) is 11.4. The molecular weight excluding hydrogens is 534 g/mol. The van der Waals surface area contributed by atoms with Crippen LogP contribution in [0.4, 0.5) is 23.0 Å². The molecule has 3 N–H and O–H groups in total. The van der Waals surface area contributed by atoms with Crippen LogP contribution in [-0.2, 0) is 21.2 Å². The zero-order valence-corrected chi connectivity index (χ0v) is 23.6. The number of aromatic nitrogens is 1. The SMILES string of the molecule is C[C@H]1CN(c2nc(NC(=O)c3ccc(NS(=O)(=O)CCO)cc3N3CCC4(CC3)CC4)cc3c2OCC3)CCO1. The van der Waals surface area contributed by atoms with Crippen molar-refractivity contribution in [3.8, 4) is 5.75 Å². The second-order valence-corrected chi connectivity index (χ2v) is 13.2. The van der Waals surface area contributed by atoms with Gasteiger partial charge < -0.3 is 29.7 Å². The van der Waals surface area contributed by atoms with Crippen molar-refractivity contribution in [2.45, 2.75) is 45.1 Å². The van der Waals surface area contributed by atoms with Gasteiger partial charge in [0.05, 0.1) is 48.6 Å². The van der Waals surface area contributed by atoms with Gasteiger partial charge in [-0.3, -0.25) is 9.52 Å². The van der Waals surface area contributed by atoms with Crippen LogP contribution in [0.2, 0.25) is 0 Å². The highest BCUT2D eigenvalue weighted by Gasteiger charge is 2.44. The molecule has 6 rings (SSSR count). The van der Waals surface area contributed by atoms with Crippen LogP contribution in [0.15, 0.2) is 24.3 Å². The molecule has 1 aromatic heterocycles. The largest absolute Gasteiger partial charge is 0.489 e. The molecule has 3 fully saturated rings. The predicted octanol–water partition coefficient (Wildman–Crippen LogP) is 2.61. The summed E-state index contributed by atoms with van der Waals surface area (Å²) < 4.78 is 38.8. The fraction of sp³-hybridized carbons (Fsp3) is 0.571. The molecule has 1 aliphatic carbocycles. The average Bonchev–Trinajstić information content (AvgIpc) is 3.50. The molecule has 12 heteroatoms. The summed E-state index contributed by atoms with van der Waals surface area (Å²) in [4.78, 5) is 22.9. The first kappa shape index (κ1) is 27.1. The number of benzene rings is 1. The van der Waals surface area contributed by atoms with Crippen LogP contribution in [0, 0.1) is 5.41 Å². The fourth-order valence-electron chi connectivity index (χ4n) is 5.95.